The number of rotatable bonds is 7. The molecule has 2 aliphatic carbocycles. The number of halogens is 2. The summed E-state index contributed by atoms with van der Waals surface area (Å²) >= 11 is 0. The topological polar surface area (TPSA) is 117 Å². The normalized spacial score (nSPS) is 27.1. The number of piperidine rings is 1. The van der Waals surface area contributed by atoms with Gasteiger partial charge in [0.25, 0.3) is 0 Å². The fraction of sp³-hybridized carbons (Fsp3) is 0.526. The molecule has 2 saturated carbocycles. The number of benzene rings is 2. The first-order valence-corrected chi connectivity index (χ1v) is 17.7. The van der Waals surface area contributed by atoms with Gasteiger partial charge in [-0.05, 0) is 82.0 Å². The molecule has 4 aliphatic rings. The number of likely N-dealkylation sites (tertiary alicyclic amines) is 1. The van der Waals surface area contributed by atoms with Crippen LogP contribution in [-0.4, -0.2) is 83.6 Å². The number of methoxy groups -OCH3 is 1. The first-order chi connectivity index (χ1) is 24.2. The van der Waals surface area contributed by atoms with Gasteiger partial charge in [0, 0.05) is 48.1 Å². The Hall–Kier alpha value is -4.34. The molecule has 12 heteroatoms. The highest BCUT2D eigenvalue weighted by molar-refractivity contribution is 6.02. The van der Waals surface area contributed by atoms with Gasteiger partial charge in [-0.2, -0.15) is 15.2 Å². The first-order valence-electron chi connectivity index (χ1n) is 17.7. The predicted molar refractivity (Wildman–Crippen MR) is 184 cm³/mol. The van der Waals surface area contributed by atoms with Crippen LogP contribution in [0, 0.1) is 33.8 Å². The number of nitrogens with zero attached hydrogens (tertiary/aromatic N) is 6. The maximum atomic E-state index is 17.0. The van der Waals surface area contributed by atoms with Crippen molar-refractivity contribution in [3.63, 3.8) is 0 Å². The van der Waals surface area contributed by atoms with Gasteiger partial charge < -0.3 is 24.2 Å². The molecule has 2 aliphatic heterocycles. The molecule has 10 nitrogen and oxygen atoms in total. The Kier molecular flexibility index (Phi) is 8.39. The minimum atomic E-state index is -0.790. The lowest BCUT2D eigenvalue weighted by molar-refractivity contribution is -0.0629. The van der Waals surface area contributed by atoms with Gasteiger partial charge in [0.2, 0.25) is 5.88 Å². The number of hydrogen-bond acceptors (Lipinski definition) is 10. The lowest BCUT2D eigenvalue weighted by atomic mass is 9.65. The molecule has 4 aromatic rings. The monoisotopic (exact) mass is 684 g/mol. The summed E-state index contributed by atoms with van der Waals surface area (Å²) in [5.41, 5.74) is -0.509. The van der Waals surface area contributed by atoms with E-state index >= 15 is 8.78 Å². The minimum Gasteiger partial charge on any atom is -0.508 e. The van der Waals surface area contributed by atoms with Crippen LogP contribution >= 0.6 is 0 Å². The van der Waals surface area contributed by atoms with Crippen molar-refractivity contribution in [2.24, 2.45) is 10.8 Å². The van der Waals surface area contributed by atoms with E-state index in [0.29, 0.717) is 61.6 Å². The molecule has 2 aromatic heterocycles. The van der Waals surface area contributed by atoms with Gasteiger partial charge in [0.05, 0.1) is 31.8 Å². The molecule has 50 heavy (non-hydrogen) atoms. The van der Waals surface area contributed by atoms with E-state index in [0.717, 1.165) is 57.9 Å². The Bertz CT molecular complexity index is 1990. The Morgan fingerprint density at radius 3 is 2.70 bits per heavy atom. The lowest BCUT2D eigenvalue weighted by Gasteiger charge is -2.54. The molecule has 2 atom stereocenters. The van der Waals surface area contributed by atoms with Gasteiger partial charge in [-0.3, -0.25) is 4.90 Å². The molecule has 2 aromatic carbocycles. The highest BCUT2D eigenvalue weighted by Gasteiger charge is 2.53. The van der Waals surface area contributed by atoms with Gasteiger partial charge in [-0.25, -0.2) is 13.8 Å². The van der Waals surface area contributed by atoms with E-state index in [4.69, 9.17) is 19.2 Å². The molecule has 0 radical (unpaired) electrons. The van der Waals surface area contributed by atoms with Crippen molar-refractivity contribution >= 4 is 27.5 Å². The molecule has 0 amide bonds. The summed E-state index contributed by atoms with van der Waals surface area (Å²) in [7, 11) is 1.44. The predicted octanol–water partition coefficient (Wildman–Crippen LogP) is 6.77. The Morgan fingerprint density at radius 2 is 1.88 bits per heavy atom. The number of nitriles is 1. The Labute approximate surface area is 290 Å². The van der Waals surface area contributed by atoms with E-state index in [-0.39, 0.29) is 50.6 Å². The van der Waals surface area contributed by atoms with Crippen LogP contribution in [0.3, 0.4) is 0 Å². The second-order valence-electron chi connectivity index (χ2n) is 14.8. The summed E-state index contributed by atoms with van der Waals surface area (Å²) in [5.74, 6) is -0.990. The van der Waals surface area contributed by atoms with Crippen LogP contribution in [0.4, 0.5) is 14.6 Å². The lowest BCUT2D eigenvalue weighted by Crippen LogP contribution is -2.60. The van der Waals surface area contributed by atoms with E-state index in [2.05, 4.69) is 27.9 Å². The molecule has 8 rings (SSSR count). The molecule has 4 heterocycles. The van der Waals surface area contributed by atoms with Gasteiger partial charge in [0.1, 0.15) is 34.0 Å². The molecule has 262 valence electrons. The van der Waals surface area contributed by atoms with Crippen LogP contribution in [-0.2, 0) is 4.74 Å². The number of fused-ring (bicyclic) bond motifs is 3. The van der Waals surface area contributed by atoms with Crippen LogP contribution in [0.2, 0.25) is 0 Å². The second kappa shape index (κ2) is 12.8. The van der Waals surface area contributed by atoms with Crippen molar-refractivity contribution in [2.45, 2.75) is 70.4 Å². The van der Waals surface area contributed by atoms with Gasteiger partial charge in [-0.15, -0.1) is 0 Å². The fourth-order valence-corrected chi connectivity index (χ4v) is 9.12. The van der Waals surface area contributed by atoms with Crippen molar-refractivity contribution in [1.29, 1.82) is 5.26 Å². The number of aromatic nitrogens is 3. The van der Waals surface area contributed by atoms with E-state index in [9.17, 15) is 10.4 Å². The maximum Gasteiger partial charge on any atom is 0.319 e. The van der Waals surface area contributed by atoms with Crippen LogP contribution in [0.5, 0.6) is 17.6 Å². The van der Waals surface area contributed by atoms with E-state index in [1.807, 2.05) is 4.90 Å². The highest BCUT2D eigenvalue weighted by atomic mass is 19.1. The third kappa shape index (κ3) is 5.55. The Balaban J connectivity index is 1.22. The van der Waals surface area contributed by atoms with Crippen LogP contribution in [0.25, 0.3) is 32.9 Å². The molecule has 0 spiro atoms. The standard InChI is InChI=1S/C38H42F2N6O4/c1-37(21-41)19-24(20-37)46-13-5-11-38(10-4-9-28(38)46)22-50-36-43-33-30(34(44-36)45-12-6-15-49-16-14-45)35(48-2)42-32(31(33)40)26-18-25(47)17-23-7-3-8-27(39)29(23)26/h3,7-8,17-18,24,28,47H,4-6,9-16,19-20,22H2,1-2H3. The quantitative estimate of drug-likeness (QED) is 0.224. The zero-order valence-electron chi connectivity index (χ0n) is 28.6. The minimum absolute atomic E-state index is 0.0548. The largest absolute Gasteiger partial charge is 0.508 e. The number of anilines is 1. The number of phenolic OH excluding ortho intramolecular Hbond substituents is 1. The Morgan fingerprint density at radius 1 is 1.04 bits per heavy atom. The van der Waals surface area contributed by atoms with Crippen molar-refractivity contribution in [3.05, 3.63) is 42.0 Å². The fourth-order valence-electron chi connectivity index (χ4n) is 9.12. The van der Waals surface area contributed by atoms with Crippen LogP contribution < -0.4 is 14.4 Å². The molecular weight excluding hydrogens is 642 g/mol. The number of aromatic hydroxyl groups is 1. The van der Waals surface area contributed by atoms with Crippen molar-refractivity contribution in [1.82, 2.24) is 19.9 Å². The van der Waals surface area contributed by atoms with Gasteiger partial charge in [-0.1, -0.05) is 18.6 Å². The SMILES string of the molecule is COc1nc(-c2cc(O)cc3cccc(F)c23)c(F)c2nc(OCC34CCCC3N(C3CC(C)(C#N)C3)CCC4)nc(N3CCCOCC3)c12. The van der Waals surface area contributed by atoms with E-state index < -0.39 is 11.6 Å². The van der Waals surface area contributed by atoms with Crippen molar-refractivity contribution in [3.8, 4) is 35.0 Å². The smallest absolute Gasteiger partial charge is 0.319 e. The van der Waals surface area contributed by atoms with Crippen LogP contribution in [0.15, 0.2) is 30.3 Å². The first kappa shape index (κ1) is 32.8. The summed E-state index contributed by atoms with van der Waals surface area (Å²) in [5, 5.41) is 21.0. The number of pyridine rings is 1. The number of hydrogen-bond donors (Lipinski definition) is 1. The summed E-state index contributed by atoms with van der Waals surface area (Å²) in [6.07, 6.45) is 7.80. The van der Waals surface area contributed by atoms with E-state index in [1.54, 1.807) is 6.07 Å². The third-order valence-corrected chi connectivity index (χ3v) is 11.5. The summed E-state index contributed by atoms with van der Waals surface area (Å²) in [6, 6.07) is 10.5. The summed E-state index contributed by atoms with van der Waals surface area (Å²) < 4.78 is 50.4. The molecule has 1 N–H and O–H groups in total. The van der Waals surface area contributed by atoms with Crippen molar-refractivity contribution < 1.29 is 28.1 Å². The molecular formula is C38H42F2N6O4. The van der Waals surface area contributed by atoms with Gasteiger partial charge in [0.15, 0.2) is 5.82 Å². The van der Waals surface area contributed by atoms with Crippen molar-refractivity contribution in [2.75, 3.05) is 51.5 Å². The second-order valence-corrected chi connectivity index (χ2v) is 14.8. The molecule has 0 bridgehead atoms. The molecule has 2 saturated heterocycles. The maximum absolute atomic E-state index is 17.0. The molecule has 4 fully saturated rings. The van der Waals surface area contributed by atoms with Crippen LogP contribution in [0.1, 0.15) is 58.3 Å². The van der Waals surface area contributed by atoms with E-state index in [1.165, 1.54) is 31.4 Å². The summed E-state index contributed by atoms with van der Waals surface area (Å²) in [4.78, 5) is 18.8. The average Bonchev–Trinajstić information content (AvgIpc) is 3.35. The average molecular weight is 685 g/mol. The van der Waals surface area contributed by atoms with Gasteiger partial charge >= 0.3 is 6.01 Å². The summed E-state index contributed by atoms with van der Waals surface area (Å²) in [6.45, 7) is 5.68. The third-order valence-electron chi connectivity index (χ3n) is 11.5. The molecule has 2 unspecified atom stereocenters. The highest BCUT2D eigenvalue weighted by Crippen LogP contribution is 2.53. The number of phenols is 1. The zero-order chi connectivity index (χ0) is 34.6. The zero-order valence-corrected chi connectivity index (χ0v) is 28.6. The number of ether oxygens (including phenoxy) is 3.